The molecule has 0 aromatic carbocycles. The monoisotopic (exact) mass is 468 g/mol. The lowest BCUT2D eigenvalue weighted by Gasteiger charge is -2.47. The maximum Gasteiger partial charge on any atom is 0.187 e. The molecule has 3 aliphatic rings. The van der Waals surface area contributed by atoms with E-state index in [1.807, 2.05) is 0 Å². The number of rotatable bonds is 7. The first-order valence-corrected chi connectivity index (χ1v) is 10.7. The Morgan fingerprint density at radius 3 is 2.00 bits per heavy atom. The van der Waals surface area contributed by atoms with Crippen molar-refractivity contribution in [2.45, 2.75) is 92.1 Å². The molecule has 1 aliphatic carbocycles. The van der Waals surface area contributed by atoms with Crippen LogP contribution in [0.25, 0.3) is 0 Å². The SMILES string of the molecule is CN[C@@H]1CC(N)[C@@H](O[C@H]2OC(CO)[C@@H](O)[C@H](O)C2N)C(O[C@@H]2O[C@H](CN)C(O)[C@@H]2O)[C@@H]1O. The van der Waals surface area contributed by atoms with Crippen LogP contribution in [0.15, 0.2) is 0 Å². The van der Waals surface area contributed by atoms with Gasteiger partial charge in [-0.25, -0.2) is 0 Å². The van der Waals surface area contributed by atoms with Crippen molar-refractivity contribution in [2.24, 2.45) is 17.2 Å². The van der Waals surface area contributed by atoms with E-state index in [1.54, 1.807) is 7.05 Å². The molecule has 0 spiro atoms. The number of aliphatic hydroxyl groups is 6. The first kappa shape index (κ1) is 26.1. The summed E-state index contributed by atoms with van der Waals surface area (Å²) in [7, 11) is 1.64. The van der Waals surface area contributed by atoms with Crippen LogP contribution in [-0.4, -0.2) is 136 Å². The van der Waals surface area contributed by atoms with Crippen LogP contribution >= 0.6 is 0 Å². The summed E-state index contributed by atoms with van der Waals surface area (Å²) in [5.41, 5.74) is 17.8. The molecule has 0 aromatic heterocycles. The zero-order chi connectivity index (χ0) is 23.7. The van der Waals surface area contributed by atoms with Crippen molar-refractivity contribution < 1.29 is 49.6 Å². The maximum absolute atomic E-state index is 10.9. The lowest BCUT2D eigenvalue weighted by molar-refractivity contribution is -0.310. The van der Waals surface area contributed by atoms with E-state index in [2.05, 4.69) is 5.32 Å². The molecule has 0 amide bonds. The average Bonchev–Trinajstić information content (AvgIpc) is 3.05. The smallest absolute Gasteiger partial charge is 0.187 e. The Bertz CT molecular complexity index is 606. The third kappa shape index (κ3) is 4.94. The van der Waals surface area contributed by atoms with Gasteiger partial charge in [0.25, 0.3) is 0 Å². The molecule has 1 saturated carbocycles. The third-order valence-electron chi connectivity index (χ3n) is 6.45. The van der Waals surface area contributed by atoms with Gasteiger partial charge >= 0.3 is 0 Å². The number of hydrogen-bond acceptors (Lipinski definition) is 14. The molecule has 14 nitrogen and oxygen atoms in total. The van der Waals surface area contributed by atoms with Crippen LogP contribution in [0.3, 0.4) is 0 Å². The van der Waals surface area contributed by atoms with Crippen molar-refractivity contribution in [2.75, 3.05) is 20.2 Å². The molecule has 14 atom stereocenters. The minimum absolute atomic E-state index is 0.0581. The molecule has 13 N–H and O–H groups in total. The van der Waals surface area contributed by atoms with E-state index < -0.39 is 92.2 Å². The van der Waals surface area contributed by atoms with E-state index >= 15 is 0 Å². The molecule has 3 rings (SSSR count). The summed E-state index contributed by atoms with van der Waals surface area (Å²) >= 11 is 0. The van der Waals surface area contributed by atoms with Gasteiger partial charge in [-0.3, -0.25) is 0 Å². The molecule has 2 saturated heterocycles. The van der Waals surface area contributed by atoms with Gasteiger partial charge < -0.3 is 72.1 Å². The fraction of sp³-hybridized carbons (Fsp3) is 1.00. The van der Waals surface area contributed by atoms with Crippen molar-refractivity contribution in [3.8, 4) is 0 Å². The number of aliphatic hydroxyl groups excluding tert-OH is 6. The van der Waals surface area contributed by atoms with Gasteiger partial charge in [-0.1, -0.05) is 0 Å². The fourth-order valence-corrected chi connectivity index (χ4v) is 4.42. The number of likely N-dealkylation sites (N-methyl/N-ethyl adjacent to an activating group) is 1. The van der Waals surface area contributed by atoms with E-state index in [0.717, 1.165) is 0 Å². The molecule has 2 aliphatic heterocycles. The van der Waals surface area contributed by atoms with Crippen molar-refractivity contribution in [3.63, 3.8) is 0 Å². The van der Waals surface area contributed by atoms with Gasteiger partial charge in [0.1, 0.15) is 48.8 Å². The van der Waals surface area contributed by atoms with Crippen molar-refractivity contribution in [1.82, 2.24) is 5.32 Å². The Kier molecular flexibility index (Phi) is 8.79. The third-order valence-corrected chi connectivity index (χ3v) is 6.45. The highest BCUT2D eigenvalue weighted by Crippen LogP contribution is 2.32. The van der Waals surface area contributed by atoms with Gasteiger partial charge in [0.05, 0.1) is 18.8 Å². The fourth-order valence-electron chi connectivity index (χ4n) is 4.42. The lowest BCUT2D eigenvalue weighted by Crippen LogP contribution is -2.68. The zero-order valence-corrected chi connectivity index (χ0v) is 17.8. The van der Waals surface area contributed by atoms with Gasteiger partial charge in [-0.15, -0.1) is 0 Å². The van der Waals surface area contributed by atoms with Gasteiger partial charge in [-0.05, 0) is 13.5 Å². The summed E-state index contributed by atoms with van der Waals surface area (Å²) in [6, 6.07) is -2.37. The van der Waals surface area contributed by atoms with E-state index in [9.17, 15) is 30.6 Å². The van der Waals surface area contributed by atoms with Gasteiger partial charge in [-0.2, -0.15) is 0 Å². The highest BCUT2D eigenvalue weighted by Gasteiger charge is 2.52. The summed E-state index contributed by atoms with van der Waals surface area (Å²) in [5, 5.41) is 63.8. The summed E-state index contributed by atoms with van der Waals surface area (Å²) in [4.78, 5) is 0. The number of hydrogen-bond donors (Lipinski definition) is 10. The molecule has 188 valence electrons. The first-order chi connectivity index (χ1) is 15.1. The number of ether oxygens (including phenoxy) is 4. The maximum atomic E-state index is 10.9. The average molecular weight is 469 g/mol. The van der Waals surface area contributed by atoms with Crippen molar-refractivity contribution in [1.29, 1.82) is 0 Å². The molecule has 14 heteroatoms. The molecule has 0 aromatic rings. The summed E-state index contributed by atoms with van der Waals surface area (Å²) in [6.07, 6.45) is -13.3. The van der Waals surface area contributed by atoms with Gasteiger partial charge in [0, 0.05) is 18.6 Å². The minimum atomic E-state index is -1.44. The summed E-state index contributed by atoms with van der Waals surface area (Å²) in [6.45, 7) is -0.649. The predicted octanol–water partition coefficient (Wildman–Crippen LogP) is -6.39. The predicted molar refractivity (Wildman–Crippen MR) is 107 cm³/mol. The Balaban J connectivity index is 1.80. The van der Waals surface area contributed by atoms with Gasteiger partial charge in [0.2, 0.25) is 0 Å². The largest absolute Gasteiger partial charge is 0.394 e. The number of nitrogens with one attached hydrogen (secondary N) is 1. The highest BCUT2D eigenvalue weighted by atomic mass is 16.7. The topological polar surface area (TPSA) is 248 Å². The van der Waals surface area contributed by atoms with Crippen LogP contribution in [0.2, 0.25) is 0 Å². The molecule has 3 fully saturated rings. The van der Waals surface area contributed by atoms with Gasteiger partial charge in [0.15, 0.2) is 12.6 Å². The molecule has 2 heterocycles. The molecule has 0 radical (unpaired) electrons. The van der Waals surface area contributed by atoms with Crippen LogP contribution in [0.1, 0.15) is 6.42 Å². The molecule has 32 heavy (non-hydrogen) atoms. The van der Waals surface area contributed by atoms with Crippen LogP contribution in [0.5, 0.6) is 0 Å². The van der Waals surface area contributed by atoms with E-state index in [0.29, 0.717) is 0 Å². The minimum Gasteiger partial charge on any atom is -0.394 e. The Morgan fingerprint density at radius 2 is 1.44 bits per heavy atom. The molecule has 0 bridgehead atoms. The number of nitrogens with two attached hydrogens (primary N) is 3. The van der Waals surface area contributed by atoms with Crippen LogP contribution in [0, 0.1) is 0 Å². The summed E-state index contributed by atoms with van der Waals surface area (Å²) in [5.74, 6) is 0. The van der Waals surface area contributed by atoms with Crippen LogP contribution in [-0.2, 0) is 18.9 Å². The second-order valence-electron chi connectivity index (χ2n) is 8.53. The summed E-state index contributed by atoms with van der Waals surface area (Å²) < 4.78 is 22.7. The normalized spacial score (nSPS) is 52.3. The molecular formula is C18H36N4O10. The van der Waals surface area contributed by atoms with Crippen LogP contribution in [0.4, 0.5) is 0 Å². The Hall–Kier alpha value is -0.560. The van der Waals surface area contributed by atoms with Crippen molar-refractivity contribution >= 4 is 0 Å². The Labute approximate surface area is 185 Å². The Morgan fingerprint density at radius 1 is 0.844 bits per heavy atom. The molecular weight excluding hydrogens is 432 g/mol. The molecule has 5 unspecified atom stereocenters. The lowest BCUT2D eigenvalue weighted by atomic mass is 9.83. The van der Waals surface area contributed by atoms with E-state index in [4.69, 9.17) is 36.1 Å². The highest BCUT2D eigenvalue weighted by molar-refractivity contribution is 5.02. The second-order valence-corrected chi connectivity index (χ2v) is 8.53. The van der Waals surface area contributed by atoms with E-state index in [1.165, 1.54) is 0 Å². The quantitative estimate of drug-likeness (QED) is 0.167. The zero-order valence-electron chi connectivity index (χ0n) is 17.8. The van der Waals surface area contributed by atoms with Crippen molar-refractivity contribution in [3.05, 3.63) is 0 Å². The van der Waals surface area contributed by atoms with E-state index in [-0.39, 0.29) is 13.0 Å². The first-order valence-electron chi connectivity index (χ1n) is 10.7. The standard InChI is InChI=1S/C18H36N4O10/c1-22-6-2-5(20)15(31-17-9(21)13(27)12(26)8(4-23)30-17)16(10(6)24)32-18-14(28)11(25)7(3-19)29-18/h5-18,22-28H,2-4,19-21H2,1H3/t5?,6-,7-,8?,9?,10-,11?,12-,13-,14+,15-,16?,17-,18+/m1/s1. The van der Waals surface area contributed by atoms with Crippen LogP contribution < -0.4 is 22.5 Å². The second kappa shape index (κ2) is 10.8.